The van der Waals surface area contributed by atoms with Crippen LogP contribution in [-0.4, -0.2) is 9.49 Å². The molecule has 20 heavy (non-hydrogen) atoms. The van der Waals surface area contributed by atoms with Gasteiger partial charge in [-0.3, -0.25) is 14.9 Å². The Hall–Kier alpha value is -2.94. The molecule has 0 radical (unpaired) electrons. The first-order valence-electron chi connectivity index (χ1n) is 5.87. The van der Waals surface area contributed by atoms with Crippen LogP contribution >= 0.6 is 0 Å². The van der Waals surface area contributed by atoms with E-state index in [1.165, 1.54) is 16.7 Å². The van der Waals surface area contributed by atoms with Crippen LogP contribution in [0.2, 0.25) is 0 Å². The first-order chi connectivity index (χ1) is 9.52. The zero-order valence-electron chi connectivity index (χ0n) is 10.7. The smallest absolute Gasteiger partial charge is 0.303 e. The van der Waals surface area contributed by atoms with Gasteiger partial charge in [0.25, 0.3) is 0 Å². The van der Waals surface area contributed by atoms with Crippen LogP contribution in [0.1, 0.15) is 16.8 Å². The second kappa shape index (κ2) is 5.36. The number of aryl methyl sites for hydroxylation is 1. The van der Waals surface area contributed by atoms with Crippen molar-refractivity contribution in [3.05, 3.63) is 73.7 Å². The van der Waals surface area contributed by atoms with E-state index in [1.807, 2.05) is 6.07 Å². The van der Waals surface area contributed by atoms with Gasteiger partial charge in [-0.05, 0) is 30.7 Å². The Morgan fingerprint density at radius 1 is 1.35 bits per heavy atom. The zero-order valence-corrected chi connectivity index (χ0v) is 10.7. The molecule has 0 saturated carbocycles. The number of pyridine rings is 1. The highest BCUT2D eigenvalue weighted by Crippen LogP contribution is 2.10. The normalized spacial score (nSPS) is 10.0. The van der Waals surface area contributed by atoms with Gasteiger partial charge in [-0.1, -0.05) is 12.1 Å². The van der Waals surface area contributed by atoms with E-state index >= 15 is 0 Å². The molecule has 1 heterocycles. The monoisotopic (exact) mass is 269 g/mol. The van der Waals surface area contributed by atoms with Crippen molar-refractivity contribution in [2.45, 2.75) is 13.5 Å². The Morgan fingerprint density at radius 2 is 2.10 bits per heavy atom. The van der Waals surface area contributed by atoms with E-state index in [0.29, 0.717) is 11.3 Å². The Bertz CT molecular complexity index is 772. The van der Waals surface area contributed by atoms with Crippen molar-refractivity contribution in [3.63, 3.8) is 0 Å². The number of hydrogen-bond donors (Lipinski definition) is 0. The van der Waals surface area contributed by atoms with Crippen molar-refractivity contribution < 1.29 is 4.92 Å². The van der Waals surface area contributed by atoms with Crippen LogP contribution < -0.4 is 5.56 Å². The van der Waals surface area contributed by atoms with Crippen molar-refractivity contribution >= 4 is 5.69 Å². The number of nitro groups is 1. The highest BCUT2D eigenvalue weighted by atomic mass is 16.6. The lowest BCUT2D eigenvalue weighted by Crippen LogP contribution is -2.24. The maximum absolute atomic E-state index is 12.0. The van der Waals surface area contributed by atoms with Gasteiger partial charge in [0.1, 0.15) is 0 Å². The molecule has 0 atom stereocenters. The lowest BCUT2D eigenvalue weighted by Gasteiger charge is -2.09. The van der Waals surface area contributed by atoms with Gasteiger partial charge in [0, 0.05) is 11.8 Å². The fourth-order valence-corrected chi connectivity index (χ4v) is 1.92. The molecular formula is C14H11N3O3. The van der Waals surface area contributed by atoms with E-state index in [1.54, 1.807) is 31.2 Å². The SMILES string of the molecule is Cc1ccc([N+](=O)[O-])c(=O)n1Cc1cccc(C#N)c1. The van der Waals surface area contributed by atoms with Gasteiger partial charge >= 0.3 is 11.2 Å². The van der Waals surface area contributed by atoms with Crippen LogP contribution in [0.15, 0.2) is 41.2 Å². The predicted molar refractivity (Wildman–Crippen MR) is 72.4 cm³/mol. The second-order valence-electron chi connectivity index (χ2n) is 4.32. The molecule has 0 aliphatic carbocycles. The van der Waals surface area contributed by atoms with E-state index in [9.17, 15) is 14.9 Å². The van der Waals surface area contributed by atoms with Gasteiger partial charge in [-0.25, -0.2) is 0 Å². The van der Waals surface area contributed by atoms with Gasteiger partial charge < -0.3 is 4.57 Å². The standard InChI is InChI=1S/C14H11N3O3/c1-10-5-6-13(17(19)20)14(18)16(10)9-12-4-2-3-11(7-12)8-15/h2-7H,9H2,1H3. The highest BCUT2D eigenvalue weighted by Gasteiger charge is 2.15. The summed E-state index contributed by atoms with van der Waals surface area (Å²) < 4.78 is 1.33. The van der Waals surface area contributed by atoms with Gasteiger partial charge in [-0.15, -0.1) is 0 Å². The highest BCUT2D eigenvalue weighted by molar-refractivity contribution is 5.34. The van der Waals surface area contributed by atoms with Crippen LogP contribution in [0.25, 0.3) is 0 Å². The summed E-state index contributed by atoms with van der Waals surface area (Å²) in [5, 5.41) is 19.6. The van der Waals surface area contributed by atoms with Crippen LogP contribution in [-0.2, 0) is 6.54 Å². The minimum absolute atomic E-state index is 0.196. The van der Waals surface area contributed by atoms with Crippen molar-refractivity contribution in [2.24, 2.45) is 0 Å². The minimum atomic E-state index is -0.691. The second-order valence-corrected chi connectivity index (χ2v) is 4.32. The molecule has 1 aromatic heterocycles. The number of benzene rings is 1. The molecule has 100 valence electrons. The minimum Gasteiger partial charge on any atom is -0.303 e. The molecule has 6 nitrogen and oxygen atoms in total. The van der Waals surface area contributed by atoms with Gasteiger partial charge in [0.15, 0.2) is 0 Å². The third-order valence-electron chi connectivity index (χ3n) is 2.97. The summed E-state index contributed by atoms with van der Waals surface area (Å²) in [5.41, 5.74) is 0.765. The summed E-state index contributed by atoms with van der Waals surface area (Å²) in [6, 6.07) is 11.6. The summed E-state index contributed by atoms with van der Waals surface area (Å²) in [6.07, 6.45) is 0. The summed E-state index contributed by atoms with van der Waals surface area (Å²) in [4.78, 5) is 22.1. The van der Waals surface area contributed by atoms with E-state index in [2.05, 4.69) is 0 Å². The zero-order chi connectivity index (χ0) is 14.7. The molecule has 0 N–H and O–H groups in total. The number of nitrogens with zero attached hydrogens (tertiary/aromatic N) is 3. The predicted octanol–water partition coefficient (Wildman–Crippen LogP) is 1.98. The fourth-order valence-electron chi connectivity index (χ4n) is 1.92. The molecule has 0 bridgehead atoms. The first kappa shape index (κ1) is 13.5. The van der Waals surface area contributed by atoms with Crippen LogP contribution in [0, 0.1) is 28.4 Å². The maximum Gasteiger partial charge on any atom is 0.334 e. The van der Waals surface area contributed by atoms with E-state index < -0.39 is 16.2 Å². The molecule has 2 aromatic rings. The van der Waals surface area contributed by atoms with Crippen molar-refractivity contribution in [3.8, 4) is 6.07 Å². The third kappa shape index (κ3) is 2.57. The lowest BCUT2D eigenvalue weighted by molar-refractivity contribution is -0.386. The maximum atomic E-state index is 12.0. The lowest BCUT2D eigenvalue weighted by atomic mass is 10.1. The number of aromatic nitrogens is 1. The molecule has 0 fully saturated rings. The number of nitriles is 1. The average molecular weight is 269 g/mol. The third-order valence-corrected chi connectivity index (χ3v) is 2.97. The summed E-state index contributed by atoms with van der Waals surface area (Å²) in [5.74, 6) is 0. The van der Waals surface area contributed by atoms with Crippen LogP contribution in [0.5, 0.6) is 0 Å². The fraction of sp³-hybridized carbons (Fsp3) is 0.143. The molecule has 1 aromatic carbocycles. The molecule has 6 heteroatoms. The summed E-state index contributed by atoms with van der Waals surface area (Å²) >= 11 is 0. The number of hydrogen-bond acceptors (Lipinski definition) is 4. The Kier molecular flexibility index (Phi) is 3.62. The summed E-state index contributed by atoms with van der Waals surface area (Å²) in [7, 11) is 0. The largest absolute Gasteiger partial charge is 0.334 e. The molecule has 2 rings (SSSR count). The van der Waals surface area contributed by atoms with Crippen molar-refractivity contribution in [1.82, 2.24) is 4.57 Å². The van der Waals surface area contributed by atoms with Crippen LogP contribution in [0.3, 0.4) is 0 Å². The Labute approximate surface area is 114 Å². The molecule has 0 saturated heterocycles. The quantitative estimate of drug-likeness (QED) is 0.629. The van der Waals surface area contributed by atoms with Crippen molar-refractivity contribution in [1.29, 1.82) is 5.26 Å². The molecule has 0 aliphatic rings. The Morgan fingerprint density at radius 3 is 2.75 bits per heavy atom. The van der Waals surface area contributed by atoms with Gasteiger partial charge in [0.2, 0.25) is 0 Å². The summed E-state index contributed by atoms with van der Waals surface area (Å²) in [6.45, 7) is 1.90. The molecule has 0 spiro atoms. The molecule has 0 amide bonds. The molecule has 0 aliphatic heterocycles. The molecular weight excluding hydrogens is 258 g/mol. The Balaban J connectivity index is 2.48. The van der Waals surface area contributed by atoms with E-state index in [0.717, 1.165) is 5.56 Å². The average Bonchev–Trinajstić information content (AvgIpc) is 2.43. The number of rotatable bonds is 3. The van der Waals surface area contributed by atoms with E-state index in [4.69, 9.17) is 5.26 Å². The van der Waals surface area contributed by atoms with E-state index in [-0.39, 0.29) is 6.54 Å². The topological polar surface area (TPSA) is 88.9 Å². The van der Waals surface area contributed by atoms with Gasteiger partial charge in [-0.2, -0.15) is 5.26 Å². The van der Waals surface area contributed by atoms with Crippen LogP contribution in [0.4, 0.5) is 5.69 Å². The first-order valence-corrected chi connectivity index (χ1v) is 5.87. The van der Waals surface area contributed by atoms with Crippen molar-refractivity contribution in [2.75, 3.05) is 0 Å². The van der Waals surface area contributed by atoms with Gasteiger partial charge in [0.05, 0.1) is 23.1 Å². The molecule has 0 unspecified atom stereocenters.